The van der Waals surface area contributed by atoms with E-state index in [0.717, 1.165) is 27.9 Å². The summed E-state index contributed by atoms with van der Waals surface area (Å²) in [6, 6.07) is 15.5. The van der Waals surface area contributed by atoms with Gasteiger partial charge in [-0.25, -0.2) is 4.99 Å². The van der Waals surface area contributed by atoms with Crippen molar-refractivity contribution in [2.45, 2.75) is 34.2 Å². The van der Waals surface area contributed by atoms with Crippen molar-refractivity contribution in [2.75, 3.05) is 5.32 Å². The van der Waals surface area contributed by atoms with Gasteiger partial charge in [0.1, 0.15) is 0 Å². The van der Waals surface area contributed by atoms with E-state index < -0.39 is 0 Å². The Labute approximate surface area is 171 Å². The summed E-state index contributed by atoms with van der Waals surface area (Å²) in [4.78, 5) is 21.5. The first-order valence-electron chi connectivity index (χ1n) is 9.59. The number of guanidine groups is 1. The number of pyridine rings is 1. The highest BCUT2D eigenvalue weighted by atomic mass is 16.1. The maximum absolute atomic E-state index is 12.8. The zero-order chi connectivity index (χ0) is 20.8. The summed E-state index contributed by atoms with van der Waals surface area (Å²) in [6.07, 6.45) is 3.49. The Hall–Kier alpha value is -3.47. The fourth-order valence-electron chi connectivity index (χ4n) is 2.85. The van der Waals surface area contributed by atoms with E-state index in [-0.39, 0.29) is 5.91 Å². The number of anilines is 1. The van der Waals surface area contributed by atoms with E-state index in [2.05, 4.69) is 33.6 Å². The van der Waals surface area contributed by atoms with E-state index in [0.29, 0.717) is 18.1 Å². The normalized spacial score (nSPS) is 11.2. The van der Waals surface area contributed by atoms with E-state index in [1.165, 1.54) is 5.56 Å². The molecule has 0 saturated carbocycles. The van der Waals surface area contributed by atoms with Crippen molar-refractivity contribution >= 4 is 17.6 Å². The Morgan fingerprint density at radius 3 is 2.52 bits per heavy atom. The predicted octanol–water partition coefficient (Wildman–Crippen LogP) is 4.71. The number of aromatic nitrogens is 1. The number of nitrogens with one attached hydrogen (secondary N) is 2. The largest absolute Gasteiger partial charge is 0.326 e. The van der Waals surface area contributed by atoms with Gasteiger partial charge in [-0.2, -0.15) is 0 Å². The molecule has 3 aromatic rings. The number of aryl methyl sites for hydroxylation is 3. The lowest BCUT2D eigenvalue weighted by atomic mass is 10.1. The summed E-state index contributed by atoms with van der Waals surface area (Å²) < 4.78 is 0. The smallest absolute Gasteiger partial charge is 0.257 e. The third-order valence-electron chi connectivity index (χ3n) is 5.00. The number of carbonyl (C=O) groups is 1. The van der Waals surface area contributed by atoms with Crippen LogP contribution in [0.5, 0.6) is 0 Å². The van der Waals surface area contributed by atoms with Gasteiger partial charge < -0.3 is 5.32 Å². The van der Waals surface area contributed by atoms with E-state index in [4.69, 9.17) is 0 Å². The maximum atomic E-state index is 12.8. The van der Waals surface area contributed by atoms with Crippen LogP contribution in [0.15, 0.2) is 65.9 Å². The number of aliphatic imine (C=N–C) groups is 1. The lowest BCUT2D eigenvalue weighted by molar-refractivity contribution is 0.0977. The summed E-state index contributed by atoms with van der Waals surface area (Å²) in [5.41, 5.74) is 6.99. The van der Waals surface area contributed by atoms with Gasteiger partial charge in [-0.3, -0.25) is 15.1 Å². The van der Waals surface area contributed by atoms with Gasteiger partial charge in [0.25, 0.3) is 5.91 Å². The molecule has 0 fully saturated rings. The Morgan fingerprint density at radius 2 is 1.79 bits per heavy atom. The second-order valence-corrected chi connectivity index (χ2v) is 7.15. The third kappa shape index (κ3) is 5.29. The third-order valence-corrected chi connectivity index (χ3v) is 5.00. The molecule has 1 heterocycles. The van der Waals surface area contributed by atoms with Crippen LogP contribution in [-0.4, -0.2) is 16.9 Å². The van der Waals surface area contributed by atoms with Crippen LogP contribution in [0, 0.1) is 27.7 Å². The van der Waals surface area contributed by atoms with Crippen molar-refractivity contribution < 1.29 is 4.79 Å². The van der Waals surface area contributed by atoms with Crippen LogP contribution in [0.25, 0.3) is 0 Å². The highest BCUT2D eigenvalue weighted by molar-refractivity contribution is 6.10. The molecule has 0 aliphatic carbocycles. The van der Waals surface area contributed by atoms with Gasteiger partial charge in [0.15, 0.2) is 0 Å². The van der Waals surface area contributed by atoms with Gasteiger partial charge in [-0.1, -0.05) is 24.3 Å². The van der Waals surface area contributed by atoms with Gasteiger partial charge >= 0.3 is 0 Å². The van der Waals surface area contributed by atoms with Crippen LogP contribution >= 0.6 is 0 Å². The number of nitrogens with zero attached hydrogens (tertiary/aromatic N) is 2. The first kappa shape index (κ1) is 20.3. The molecule has 5 nitrogen and oxygen atoms in total. The highest BCUT2D eigenvalue weighted by Gasteiger charge is 2.11. The number of benzene rings is 2. The molecule has 0 unspecified atom stereocenters. The number of hydrogen-bond donors (Lipinski definition) is 2. The van der Waals surface area contributed by atoms with Gasteiger partial charge in [0.05, 0.1) is 6.54 Å². The van der Waals surface area contributed by atoms with Gasteiger partial charge in [0, 0.05) is 23.6 Å². The Kier molecular flexibility index (Phi) is 6.39. The molecule has 0 bridgehead atoms. The van der Waals surface area contributed by atoms with Crippen molar-refractivity contribution in [2.24, 2.45) is 4.99 Å². The average molecular weight is 386 g/mol. The summed E-state index contributed by atoms with van der Waals surface area (Å²) >= 11 is 0. The predicted molar refractivity (Wildman–Crippen MR) is 118 cm³/mol. The minimum atomic E-state index is -0.198. The molecular formula is C24H26N4O. The fourth-order valence-corrected chi connectivity index (χ4v) is 2.85. The number of rotatable bonds is 4. The molecule has 0 radical (unpaired) electrons. The first-order chi connectivity index (χ1) is 13.9. The lowest BCUT2D eigenvalue weighted by Gasteiger charge is -2.15. The lowest BCUT2D eigenvalue weighted by Crippen LogP contribution is -2.36. The SMILES string of the molecule is Cc1ccc(C(=O)NC(=NCc2cccnc2)Nc2cccc(C)c2C)cc1C. The van der Waals surface area contributed by atoms with E-state index >= 15 is 0 Å². The molecule has 1 amide bonds. The second kappa shape index (κ2) is 9.15. The molecule has 5 heteroatoms. The van der Waals surface area contributed by atoms with Crippen molar-refractivity contribution in [3.05, 3.63) is 94.3 Å². The zero-order valence-electron chi connectivity index (χ0n) is 17.3. The molecule has 29 heavy (non-hydrogen) atoms. The zero-order valence-corrected chi connectivity index (χ0v) is 17.3. The van der Waals surface area contributed by atoms with Gasteiger partial charge in [-0.15, -0.1) is 0 Å². The Bertz CT molecular complexity index is 1040. The van der Waals surface area contributed by atoms with Gasteiger partial charge in [0.2, 0.25) is 5.96 Å². The molecule has 2 aromatic carbocycles. The molecule has 0 aliphatic rings. The number of carbonyl (C=O) groups excluding carboxylic acids is 1. The van der Waals surface area contributed by atoms with Gasteiger partial charge in [-0.05, 0) is 79.8 Å². The topological polar surface area (TPSA) is 66.4 Å². The molecule has 0 aliphatic heterocycles. The second-order valence-electron chi connectivity index (χ2n) is 7.15. The minimum absolute atomic E-state index is 0.198. The summed E-state index contributed by atoms with van der Waals surface area (Å²) in [5, 5.41) is 6.21. The summed E-state index contributed by atoms with van der Waals surface area (Å²) in [6.45, 7) is 8.54. The van der Waals surface area contributed by atoms with Crippen molar-refractivity contribution in [1.82, 2.24) is 10.3 Å². The van der Waals surface area contributed by atoms with Crippen molar-refractivity contribution in [3.8, 4) is 0 Å². The molecule has 0 spiro atoms. The summed E-state index contributed by atoms with van der Waals surface area (Å²) in [7, 11) is 0. The molecule has 3 rings (SSSR count). The molecule has 0 atom stereocenters. The summed E-state index contributed by atoms with van der Waals surface area (Å²) in [5.74, 6) is 0.210. The number of amides is 1. The maximum Gasteiger partial charge on any atom is 0.257 e. The molecule has 0 saturated heterocycles. The molecule has 148 valence electrons. The Balaban J connectivity index is 1.86. The van der Waals surface area contributed by atoms with Crippen molar-refractivity contribution in [1.29, 1.82) is 0 Å². The Morgan fingerprint density at radius 1 is 0.966 bits per heavy atom. The number of hydrogen-bond acceptors (Lipinski definition) is 3. The average Bonchev–Trinajstić information content (AvgIpc) is 2.72. The van der Waals surface area contributed by atoms with Crippen LogP contribution in [0.2, 0.25) is 0 Å². The molecule has 1 aromatic heterocycles. The van der Waals surface area contributed by atoms with Crippen LogP contribution in [0.3, 0.4) is 0 Å². The molecular weight excluding hydrogens is 360 g/mol. The van der Waals surface area contributed by atoms with Crippen LogP contribution < -0.4 is 10.6 Å². The standard InChI is InChI=1S/C24H26N4O/c1-16-10-11-21(13-18(16)3)23(29)28-24(26-15-20-8-6-12-25-14-20)27-22-9-5-7-17(2)19(22)4/h5-14H,15H2,1-4H3,(H2,26,27,28,29). The van der Waals surface area contributed by atoms with Crippen LogP contribution in [0.4, 0.5) is 5.69 Å². The minimum Gasteiger partial charge on any atom is -0.326 e. The van der Waals surface area contributed by atoms with E-state index in [1.54, 1.807) is 12.4 Å². The fraction of sp³-hybridized carbons (Fsp3) is 0.208. The van der Waals surface area contributed by atoms with E-state index in [9.17, 15) is 4.79 Å². The van der Waals surface area contributed by atoms with Crippen molar-refractivity contribution in [3.63, 3.8) is 0 Å². The molecule has 2 N–H and O–H groups in total. The highest BCUT2D eigenvalue weighted by Crippen LogP contribution is 2.18. The monoisotopic (exact) mass is 386 g/mol. The quantitative estimate of drug-likeness (QED) is 0.504. The van der Waals surface area contributed by atoms with E-state index in [1.807, 2.05) is 63.2 Å². The first-order valence-corrected chi connectivity index (χ1v) is 9.59. The van der Waals surface area contributed by atoms with Crippen LogP contribution in [-0.2, 0) is 6.54 Å². The van der Waals surface area contributed by atoms with Crippen LogP contribution in [0.1, 0.15) is 38.2 Å².